The van der Waals surface area contributed by atoms with Gasteiger partial charge >= 0.3 is 0 Å². The maximum atomic E-state index is 9.09. The minimum atomic E-state index is -0.639. The number of nitrogens with two attached hydrogens (primary N) is 1. The lowest BCUT2D eigenvalue weighted by Crippen LogP contribution is -2.12. The van der Waals surface area contributed by atoms with Gasteiger partial charge in [-0.05, 0) is 0 Å². The van der Waals surface area contributed by atoms with Crippen molar-refractivity contribution in [3.05, 3.63) is 0 Å². The second-order valence-electron chi connectivity index (χ2n) is 1.52. The van der Waals surface area contributed by atoms with E-state index in [-0.39, 0.29) is 0 Å². The molecule has 0 bridgehead atoms. The van der Waals surface area contributed by atoms with Gasteiger partial charge in [-0.3, -0.25) is 4.79 Å². The maximum absolute atomic E-state index is 9.09. The average molecular weight is 198 g/mol. The maximum Gasteiger partial charge on any atom is 0.273 e. The summed E-state index contributed by atoms with van der Waals surface area (Å²) in [5, 5.41) is -0.639. The third-order valence-electron chi connectivity index (χ3n) is 0.383. The molecule has 0 rings (SSSR count). The molecule has 1 amide bonds. The highest BCUT2D eigenvalue weighted by Gasteiger charge is 1.83. The van der Waals surface area contributed by atoms with Crippen molar-refractivity contribution >= 4 is 47.0 Å². The van der Waals surface area contributed by atoms with Gasteiger partial charge in [0.15, 0.2) is 0 Å². The van der Waals surface area contributed by atoms with Gasteiger partial charge in [-0.1, -0.05) is 24.8 Å². The molecule has 0 radical (unpaired) electrons. The SMILES string of the molecule is CN(C)C(=S)S.NC(=O)S. The fourth-order valence-electron chi connectivity index (χ4n) is 0. The second-order valence-corrected chi connectivity index (χ2v) is 3.07. The van der Waals surface area contributed by atoms with E-state index >= 15 is 0 Å². The number of primary amides is 1. The number of thiocarbonyl (C=S) groups is 1. The summed E-state index contributed by atoms with van der Waals surface area (Å²) in [5.74, 6) is 0. The average Bonchev–Trinajstić information content (AvgIpc) is 1.63. The van der Waals surface area contributed by atoms with Crippen LogP contribution in [0.3, 0.4) is 0 Å². The van der Waals surface area contributed by atoms with Gasteiger partial charge in [-0.25, -0.2) is 0 Å². The summed E-state index contributed by atoms with van der Waals surface area (Å²) in [5.41, 5.74) is 4.34. The van der Waals surface area contributed by atoms with Crippen molar-refractivity contribution in [3.63, 3.8) is 0 Å². The van der Waals surface area contributed by atoms with E-state index in [9.17, 15) is 0 Å². The molecule has 0 saturated carbocycles. The normalized spacial score (nSPS) is 7.20. The second kappa shape index (κ2) is 7.17. The molecule has 3 nitrogen and oxygen atoms in total. The largest absolute Gasteiger partial charge is 0.364 e. The standard InChI is InChI=1S/C3H7NS2.CH3NOS/c1-4(2)3(5)6;2-1(3)4/h1-2H3,(H,5,6);(H3,2,3,4). The van der Waals surface area contributed by atoms with E-state index in [2.05, 4.69) is 43.2 Å². The van der Waals surface area contributed by atoms with Crippen LogP contribution in [0.25, 0.3) is 0 Å². The molecule has 0 aliphatic rings. The van der Waals surface area contributed by atoms with Gasteiger partial charge in [0.05, 0.1) is 0 Å². The van der Waals surface area contributed by atoms with E-state index in [1.807, 2.05) is 14.1 Å². The van der Waals surface area contributed by atoms with Crippen LogP contribution in [-0.2, 0) is 0 Å². The monoisotopic (exact) mass is 198 g/mol. The molecule has 0 fully saturated rings. The van der Waals surface area contributed by atoms with Crippen molar-refractivity contribution in [1.29, 1.82) is 0 Å². The lowest BCUT2D eigenvalue weighted by molar-refractivity contribution is 0.267. The van der Waals surface area contributed by atoms with Gasteiger partial charge < -0.3 is 10.6 Å². The van der Waals surface area contributed by atoms with Gasteiger partial charge in [0.1, 0.15) is 4.32 Å². The Hall–Kier alpha value is 0.0600. The fraction of sp³-hybridized carbons (Fsp3) is 0.500. The molecular weight excluding hydrogens is 188 g/mol. The summed E-state index contributed by atoms with van der Waals surface area (Å²) in [6.07, 6.45) is 0. The molecule has 0 aromatic heterocycles. The smallest absolute Gasteiger partial charge is 0.273 e. The molecule has 0 saturated heterocycles. The predicted molar refractivity (Wildman–Crippen MR) is 53.8 cm³/mol. The Balaban J connectivity index is 0. The highest BCUT2D eigenvalue weighted by Crippen LogP contribution is 1.84. The van der Waals surface area contributed by atoms with Gasteiger partial charge in [0.2, 0.25) is 0 Å². The number of amides is 1. The van der Waals surface area contributed by atoms with Crippen LogP contribution in [0.2, 0.25) is 0 Å². The molecular formula is C4H10N2OS3. The van der Waals surface area contributed by atoms with Crippen LogP contribution in [0.4, 0.5) is 4.79 Å². The van der Waals surface area contributed by atoms with Crippen molar-refractivity contribution in [3.8, 4) is 0 Å². The summed E-state index contributed by atoms with van der Waals surface area (Å²) in [4.78, 5) is 10.8. The molecule has 2 N–H and O–H groups in total. The third-order valence-corrected chi connectivity index (χ3v) is 1.15. The zero-order valence-electron chi connectivity index (χ0n) is 5.74. The number of hydrogen-bond acceptors (Lipinski definition) is 2. The minimum Gasteiger partial charge on any atom is -0.364 e. The van der Waals surface area contributed by atoms with Crippen LogP contribution in [-0.4, -0.2) is 28.6 Å². The lowest BCUT2D eigenvalue weighted by Gasteiger charge is -2.05. The molecule has 0 aliphatic carbocycles. The van der Waals surface area contributed by atoms with E-state index < -0.39 is 5.24 Å². The first-order chi connectivity index (χ1) is 4.37. The highest BCUT2D eigenvalue weighted by atomic mass is 32.1. The van der Waals surface area contributed by atoms with Gasteiger partial charge in [-0.15, -0.1) is 12.6 Å². The molecule has 0 spiro atoms. The Morgan fingerprint density at radius 1 is 1.50 bits per heavy atom. The van der Waals surface area contributed by atoms with Crippen LogP contribution in [0.1, 0.15) is 0 Å². The predicted octanol–water partition coefficient (Wildman–Crippen LogP) is 0.758. The summed E-state index contributed by atoms with van der Waals surface area (Å²) < 4.78 is 0.620. The molecule has 6 heteroatoms. The van der Waals surface area contributed by atoms with Crippen molar-refractivity contribution < 1.29 is 4.79 Å². The molecule has 0 unspecified atom stereocenters. The van der Waals surface area contributed by atoms with Gasteiger partial charge in [0, 0.05) is 14.1 Å². The highest BCUT2D eigenvalue weighted by molar-refractivity contribution is 8.10. The topological polar surface area (TPSA) is 46.3 Å². The minimum absolute atomic E-state index is 0.620. The van der Waals surface area contributed by atoms with Crippen LogP contribution >= 0.6 is 37.5 Å². The first-order valence-corrected chi connectivity index (χ1v) is 3.56. The van der Waals surface area contributed by atoms with E-state index in [0.29, 0.717) is 4.32 Å². The molecule has 10 heavy (non-hydrogen) atoms. The van der Waals surface area contributed by atoms with Crippen molar-refractivity contribution in [1.82, 2.24) is 4.90 Å². The first kappa shape index (κ1) is 12.7. The fourth-order valence-corrected chi connectivity index (χ4v) is 0. The summed E-state index contributed by atoms with van der Waals surface area (Å²) in [6, 6.07) is 0. The molecule has 0 aliphatic heterocycles. The van der Waals surface area contributed by atoms with Crippen LogP contribution in [0.5, 0.6) is 0 Å². The van der Waals surface area contributed by atoms with Crippen molar-refractivity contribution in [2.45, 2.75) is 0 Å². The zero-order valence-corrected chi connectivity index (χ0v) is 8.34. The lowest BCUT2D eigenvalue weighted by atomic mass is 11.0. The van der Waals surface area contributed by atoms with E-state index in [4.69, 9.17) is 4.79 Å². The van der Waals surface area contributed by atoms with Crippen molar-refractivity contribution in [2.24, 2.45) is 5.73 Å². The number of rotatable bonds is 0. The molecule has 0 aromatic rings. The number of thiol groups is 2. The van der Waals surface area contributed by atoms with Gasteiger partial charge in [0.25, 0.3) is 5.24 Å². The number of nitrogens with zero attached hydrogens (tertiary/aromatic N) is 1. The quantitative estimate of drug-likeness (QED) is 0.398. The summed E-state index contributed by atoms with van der Waals surface area (Å²) in [6.45, 7) is 0. The number of carbonyl (C=O) groups excluding carboxylic acids is 1. The van der Waals surface area contributed by atoms with Crippen LogP contribution in [0.15, 0.2) is 0 Å². The van der Waals surface area contributed by atoms with Crippen molar-refractivity contribution in [2.75, 3.05) is 14.1 Å². The Labute approximate surface area is 76.8 Å². The third kappa shape index (κ3) is 24.4. The summed E-state index contributed by atoms with van der Waals surface area (Å²) in [7, 11) is 3.71. The van der Waals surface area contributed by atoms with Gasteiger partial charge in [-0.2, -0.15) is 0 Å². The first-order valence-electron chi connectivity index (χ1n) is 2.26. The van der Waals surface area contributed by atoms with E-state index in [1.165, 1.54) is 0 Å². The molecule has 0 atom stereocenters. The van der Waals surface area contributed by atoms with Crippen LogP contribution < -0.4 is 5.73 Å². The zero-order chi connectivity index (χ0) is 8.73. The summed E-state index contributed by atoms with van der Waals surface area (Å²) >= 11 is 11.6. The molecule has 60 valence electrons. The number of hydrogen-bond donors (Lipinski definition) is 3. The Bertz CT molecular complexity index is 122. The Morgan fingerprint density at radius 2 is 1.60 bits per heavy atom. The Morgan fingerprint density at radius 3 is 1.60 bits per heavy atom. The van der Waals surface area contributed by atoms with E-state index in [0.717, 1.165) is 0 Å². The van der Waals surface area contributed by atoms with Crippen LogP contribution in [0, 0.1) is 0 Å². The molecule has 0 heterocycles. The Kier molecular flexibility index (Phi) is 9.11. The van der Waals surface area contributed by atoms with E-state index in [1.54, 1.807) is 4.90 Å². The number of carbonyl (C=O) groups is 1. The molecule has 0 aromatic carbocycles.